The molecular weight excluding hydrogens is 833 g/mol. The third-order valence-corrected chi connectivity index (χ3v) is 13.0. The predicted molar refractivity (Wildman–Crippen MR) is 267 cm³/mol. The van der Waals surface area contributed by atoms with Crippen LogP contribution in [0.15, 0.2) is 75.0 Å². The number of nitrogens with one attached hydrogen (secondary N) is 3. The second kappa shape index (κ2) is 20.6. The van der Waals surface area contributed by atoms with Gasteiger partial charge < -0.3 is 24.9 Å². The Labute approximate surface area is 386 Å². The third-order valence-electron chi connectivity index (χ3n) is 12.1. The molecule has 0 saturated heterocycles. The number of hydrogen-bond acceptors (Lipinski definition) is 8. The molecule has 4 aromatic rings. The van der Waals surface area contributed by atoms with E-state index in [4.69, 9.17) is 9.41 Å². The molecular formula is C54H67N4O6S-. The Kier molecular flexibility index (Phi) is 15.9. The van der Waals surface area contributed by atoms with Crippen LogP contribution in [0.3, 0.4) is 0 Å². The summed E-state index contributed by atoms with van der Waals surface area (Å²) in [5, 5.41) is 11.2. The van der Waals surface area contributed by atoms with Gasteiger partial charge in [-0.05, 0) is 135 Å². The third kappa shape index (κ3) is 10.5. The van der Waals surface area contributed by atoms with Crippen molar-refractivity contribution in [2.45, 2.75) is 128 Å². The van der Waals surface area contributed by atoms with Gasteiger partial charge in [-0.3, -0.25) is 9.59 Å². The van der Waals surface area contributed by atoms with Crippen LogP contribution in [0.1, 0.15) is 113 Å². The van der Waals surface area contributed by atoms with Gasteiger partial charge in [0, 0.05) is 68.8 Å². The molecule has 65 heavy (non-hydrogen) atoms. The Balaban J connectivity index is 0.00000391. The highest BCUT2D eigenvalue weighted by Gasteiger charge is 2.25. The molecule has 0 bridgehead atoms. The quantitative estimate of drug-likeness (QED) is 0.0770. The lowest BCUT2D eigenvalue weighted by molar-refractivity contribution is -0.119. The number of hydrogen-bond donors (Lipinski definition) is 3. The molecule has 0 fully saturated rings. The zero-order valence-electron chi connectivity index (χ0n) is 40.9. The molecule has 0 aromatic heterocycles. The number of rotatable bonds is 13. The van der Waals surface area contributed by atoms with Gasteiger partial charge >= 0.3 is 0 Å². The average Bonchev–Trinajstić information content (AvgIpc) is 3.26. The highest BCUT2D eigenvalue weighted by atomic mass is 32.2. The summed E-state index contributed by atoms with van der Waals surface area (Å²) in [5.74, 6) is 0.271. The fraction of sp³-hybridized carbons (Fsp3) is 0.389. The van der Waals surface area contributed by atoms with E-state index in [0.29, 0.717) is 44.8 Å². The Morgan fingerprint density at radius 1 is 0.692 bits per heavy atom. The summed E-state index contributed by atoms with van der Waals surface area (Å²) in [4.78, 5) is 30.9. The second-order valence-corrected chi connectivity index (χ2v) is 19.2. The molecule has 0 spiro atoms. The summed E-state index contributed by atoms with van der Waals surface area (Å²) in [5.41, 5.74) is 14.0. The van der Waals surface area contributed by atoms with E-state index >= 15 is 0 Å². The maximum absolute atomic E-state index is 13.1. The van der Waals surface area contributed by atoms with Crippen molar-refractivity contribution in [1.82, 2.24) is 0 Å². The number of anilines is 4. The Hall–Kier alpha value is -5.78. The summed E-state index contributed by atoms with van der Waals surface area (Å²) in [6.07, 6.45) is 2.56. The topological polar surface area (TPSA) is 153 Å². The van der Waals surface area contributed by atoms with Gasteiger partial charge in [0.05, 0.1) is 15.9 Å². The van der Waals surface area contributed by atoms with E-state index in [0.717, 1.165) is 86.5 Å². The number of amides is 2. The van der Waals surface area contributed by atoms with Gasteiger partial charge in [-0.25, -0.2) is 13.4 Å². The van der Waals surface area contributed by atoms with Crippen LogP contribution in [-0.4, -0.2) is 24.8 Å². The molecule has 0 saturated carbocycles. The minimum atomic E-state index is -4.87. The van der Waals surface area contributed by atoms with Gasteiger partial charge in [-0.2, -0.15) is 0 Å². The zero-order valence-corrected chi connectivity index (χ0v) is 41.7. The minimum absolute atomic E-state index is 0.0608. The molecule has 3 N–H and O–H groups in total. The first-order valence-corrected chi connectivity index (χ1v) is 24.3. The molecule has 0 unspecified atom stereocenters. The predicted octanol–water partition coefficient (Wildman–Crippen LogP) is 13.3. The smallest absolute Gasteiger partial charge is 0.226 e. The molecule has 2 amide bonds. The van der Waals surface area contributed by atoms with E-state index < -0.39 is 10.1 Å². The van der Waals surface area contributed by atoms with Crippen LogP contribution in [0, 0.1) is 59.3 Å². The van der Waals surface area contributed by atoms with E-state index in [-0.39, 0.29) is 34.1 Å². The van der Waals surface area contributed by atoms with Gasteiger partial charge in [0.2, 0.25) is 11.8 Å². The van der Waals surface area contributed by atoms with Crippen LogP contribution in [-0.2, 0) is 32.5 Å². The monoisotopic (exact) mass is 899 g/mol. The van der Waals surface area contributed by atoms with E-state index in [9.17, 15) is 22.6 Å². The first-order valence-electron chi connectivity index (χ1n) is 22.9. The molecule has 1 aliphatic carbocycles. The lowest BCUT2D eigenvalue weighted by atomic mass is 9.89. The molecule has 2 aliphatic rings. The van der Waals surface area contributed by atoms with Crippen molar-refractivity contribution in [2.24, 2.45) is 22.7 Å². The molecule has 6 rings (SSSR count). The lowest BCUT2D eigenvalue weighted by Crippen LogP contribution is -2.20. The van der Waals surface area contributed by atoms with Crippen LogP contribution in [0.25, 0.3) is 33.4 Å². The SMILES string of the molecule is CC.CCCc1c(C)c(N=c2ccc3c(-c4ccccc4S(=O)(=O)[O-])c4ccc(Nc5c(C)c(CC(C)C)c(C)c(NC(=O)C(C)C)c5C)cc4oc-3c2)c(C)c(NC(=O)C(C)C)c1C. The van der Waals surface area contributed by atoms with Crippen molar-refractivity contribution in [2.75, 3.05) is 16.0 Å². The van der Waals surface area contributed by atoms with Gasteiger partial charge in [0.25, 0.3) is 0 Å². The number of nitrogens with zero attached hydrogens (tertiary/aromatic N) is 1. The standard InChI is InChI=1S/C52H62N4O6S.C2H6/c1-14-17-38-30(8)47(34(12)49(31(38)9)55-51(57)28(4)5)53-36-20-22-39-43(25-36)62-44-26-37(21-23-40(44)46(39)41-18-15-16-19-45(41)63(59,60)61)54-48-32(10)42(24-27(2)3)33(11)50(35(48)13)56-52(58)29(6)7;1-2/h15-16,18-23,25-29,54H,14,17,24H2,1-13H3,(H,55,57)(H,56,58)(H,59,60,61);1-2H3/p-1. The maximum atomic E-state index is 13.1. The van der Waals surface area contributed by atoms with Crippen LogP contribution in [0.5, 0.6) is 0 Å². The van der Waals surface area contributed by atoms with Crippen molar-refractivity contribution >= 4 is 61.3 Å². The van der Waals surface area contributed by atoms with Crippen molar-refractivity contribution in [3.8, 4) is 22.5 Å². The lowest BCUT2D eigenvalue weighted by Gasteiger charge is -2.25. The summed E-state index contributed by atoms with van der Waals surface area (Å²) in [6, 6.07) is 17.4. The second-order valence-electron chi connectivity index (χ2n) is 17.9. The molecule has 4 aromatic carbocycles. The van der Waals surface area contributed by atoms with Gasteiger partial charge in [-0.15, -0.1) is 0 Å². The number of carbonyl (C=O) groups is 2. The summed E-state index contributed by atoms with van der Waals surface area (Å²) in [7, 11) is -4.87. The van der Waals surface area contributed by atoms with Crippen LogP contribution < -0.4 is 21.3 Å². The van der Waals surface area contributed by atoms with Crippen molar-refractivity contribution < 1.29 is 27.0 Å². The highest BCUT2D eigenvalue weighted by Crippen LogP contribution is 2.44. The summed E-state index contributed by atoms with van der Waals surface area (Å²) >= 11 is 0. The molecule has 346 valence electrons. The van der Waals surface area contributed by atoms with Gasteiger partial charge in [-0.1, -0.05) is 86.9 Å². The number of carbonyl (C=O) groups excluding carboxylic acids is 2. The van der Waals surface area contributed by atoms with Gasteiger partial charge in [0.1, 0.15) is 21.5 Å². The Morgan fingerprint density at radius 3 is 1.86 bits per heavy atom. The summed E-state index contributed by atoms with van der Waals surface area (Å²) in [6.45, 7) is 30.2. The molecule has 11 heteroatoms. The van der Waals surface area contributed by atoms with Crippen LogP contribution in [0.2, 0.25) is 0 Å². The fourth-order valence-electron chi connectivity index (χ4n) is 8.61. The minimum Gasteiger partial charge on any atom is -0.744 e. The van der Waals surface area contributed by atoms with E-state index in [1.54, 1.807) is 18.2 Å². The summed E-state index contributed by atoms with van der Waals surface area (Å²) < 4.78 is 45.0. The molecule has 10 nitrogen and oxygen atoms in total. The molecule has 0 atom stereocenters. The Bertz CT molecular complexity index is 2920. The van der Waals surface area contributed by atoms with Crippen molar-refractivity contribution in [3.05, 3.63) is 111 Å². The van der Waals surface area contributed by atoms with Crippen LogP contribution in [0.4, 0.5) is 28.4 Å². The van der Waals surface area contributed by atoms with Gasteiger partial charge in [0.15, 0.2) is 0 Å². The fourth-order valence-corrected chi connectivity index (χ4v) is 9.30. The zero-order chi connectivity index (χ0) is 48.2. The maximum Gasteiger partial charge on any atom is 0.226 e. The Morgan fingerprint density at radius 2 is 1.28 bits per heavy atom. The van der Waals surface area contributed by atoms with Crippen molar-refractivity contribution in [1.29, 1.82) is 0 Å². The molecule has 0 radical (unpaired) electrons. The first kappa shape index (κ1) is 50.2. The molecule has 1 aliphatic heterocycles. The van der Waals surface area contributed by atoms with Crippen molar-refractivity contribution in [3.63, 3.8) is 0 Å². The first-order chi connectivity index (χ1) is 30.6. The van der Waals surface area contributed by atoms with E-state index in [1.165, 1.54) is 6.07 Å². The average molecular weight is 900 g/mol. The number of benzene rings is 5. The van der Waals surface area contributed by atoms with E-state index in [2.05, 4.69) is 57.5 Å². The largest absolute Gasteiger partial charge is 0.744 e. The number of fused-ring (bicyclic) bond motifs is 2. The normalized spacial score (nSPS) is 12.0. The van der Waals surface area contributed by atoms with E-state index in [1.807, 2.05) is 98.7 Å². The van der Waals surface area contributed by atoms with Crippen LogP contribution >= 0.6 is 0 Å². The molecule has 1 heterocycles. The highest BCUT2D eigenvalue weighted by molar-refractivity contribution is 7.85.